The predicted octanol–water partition coefficient (Wildman–Crippen LogP) is 5.17. The third-order valence-electron chi connectivity index (χ3n) is 8.45. The Morgan fingerprint density at radius 1 is 1.18 bits per heavy atom. The molecule has 6 rings (SSSR count). The van der Waals surface area contributed by atoms with Gasteiger partial charge in [-0.2, -0.15) is 0 Å². The minimum atomic E-state index is -0.550. The van der Waals surface area contributed by atoms with Crippen LogP contribution >= 0.6 is 12.4 Å². The lowest BCUT2D eigenvalue weighted by Gasteiger charge is -2.37. The first kappa shape index (κ1) is 22.4. The molecule has 2 aromatic rings. The van der Waals surface area contributed by atoms with Crippen molar-refractivity contribution in [2.75, 3.05) is 26.7 Å². The van der Waals surface area contributed by atoms with Crippen molar-refractivity contribution in [3.63, 3.8) is 0 Å². The molecule has 3 atom stereocenters. The Morgan fingerprint density at radius 3 is 2.76 bits per heavy atom. The van der Waals surface area contributed by atoms with Gasteiger partial charge in [0.05, 0.1) is 6.21 Å². The van der Waals surface area contributed by atoms with E-state index in [1.54, 1.807) is 11.8 Å². The highest BCUT2D eigenvalue weighted by atomic mass is 35.5. The third kappa shape index (κ3) is 3.66. The molecule has 2 aromatic carbocycles. The van der Waals surface area contributed by atoms with Crippen molar-refractivity contribution >= 4 is 24.7 Å². The molecular formula is C27H32ClN3O2. The minimum Gasteiger partial charge on any atom is -0.323 e. The summed E-state index contributed by atoms with van der Waals surface area (Å²) < 4.78 is 0. The maximum Gasteiger partial charge on any atom is 0.433 e. The summed E-state index contributed by atoms with van der Waals surface area (Å²) in [4.78, 5) is 18.9. The average Bonchev–Trinajstić information content (AvgIpc) is 3.52. The lowest BCUT2D eigenvalue weighted by atomic mass is 9.65. The molecule has 174 valence electrons. The molecule has 5 nitrogen and oxygen atoms in total. The van der Waals surface area contributed by atoms with Gasteiger partial charge in [0, 0.05) is 43.9 Å². The second kappa shape index (κ2) is 8.77. The summed E-state index contributed by atoms with van der Waals surface area (Å²) in [6, 6.07) is 15.9. The number of halogens is 1. The van der Waals surface area contributed by atoms with Crippen molar-refractivity contribution in [1.82, 2.24) is 10.2 Å². The highest BCUT2D eigenvalue weighted by molar-refractivity contribution is 5.85. The van der Waals surface area contributed by atoms with E-state index in [9.17, 15) is 4.79 Å². The van der Waals surface area contributed by atoms with Crippen molar-refractivity contribution in [1.29, 1.82) is 0 Å². The van der Waals surface area contributed by atoms with Crippen molar-refractivity contribution in [3.05, 3.63) is 70.3 Å². The molecule has 33 heavy (non-hydrogen) atoms. The Kier molecular flexibility index (Phi) is 5.96. The number of nitrogens with one attached hydrogen (secondary N) is 1. The lowest BCUT2D eigenvalue weighted by molar-refractivity contribution is 0.154. The molecule has 4 aliphatic rings. The van der Waals surface area contributed by atoms with Gasteiger partial charge in [0.2, 0.25) is 0 Å². The Bertz CT molecular complexity index is 1080. The second-order valence-electron chi connectivity index (χ2n) is 10.1. The fourth-order valence-electron chi connectivity index (χ4n) is 7.16. The molecule has 3 unspecified atom stereocenters. The fourth-order valence-corrected chi connectivity index (χ4v) is 7.16. The number of nitrogens with zero attached hydrogens (tertiary/aromatic N) is 2. The monoisotopic (exact) mass is 465 g/mol. The Morgan fingerprint density at radius 2 is 1.97 bits per heavy atom. The summed E-state index contributed by atoms with van der Waals surface area (Å²) >= 11 is 0. The van der Waals surface area contributed by atoms with Crippen molar-refractivity contribution in [3.8, 4) is 0 Å². The Hall–Kier alpha value is -2.37. The van der Waals surface area contributed by atoms with Crippen molar-refractivity contribution in [2.45, 2.75) is 49.4 Å². The van der Waals surface area contributed by atoms with E-state index in [0.29, 0.717) is 11.8 Å². The molecule has 1 aliphatic heterocycles. The van der Waals surface area contributed by atoms with Crippen LogP contribution in [-0.4, -0.2) is 43.9 Å². The number of hydrogen-bond acceptors (Lipinski definition) is 4. The minimum absolute atomic E-state index is 0. The maximum atomic E-state index is 11.3. The van der Waals surface area contributed by atoms with Gasteiger partial charge in [0.1, 0.15) is 0 Å². The first-order valence-electron chi connectivity index (χ1n) is 12.1. The molecule has 2 bridgehead atoms. The highest BCUT2D eigenvalue weighted by Crippen LogP contribution is 2.63. The second-order valence-corrected chi connectivity index (χ2v) is 10.1. The summed E-state index contributed by atoms with van der Waals surface area (Å²) in [5, 5.41) is 6.30. The van der Waals surface area contributed by atoms with Crippen LogP contribution < -0.4 is 5.32 Å². The molecule has 1 heterocycles. The molecular weight excluding hydrogens is 434 g/mol. The van der Waals surface area contributed by atoms with Crippen molar-refractivity contribution < 1.29 is 9.63 Å². The van der Waals surface area contributed by atoms with Gasteiger partial charge in [-0.25, -0.2) is 4.79 Å². The fraction of sp³-hybridized carbons (Fsp3) is 0.481. The SMILES string of the molecule is CNC(=O)ON=Cc1ccc2c(c1)C13CC2c2ccccc2C1CN(CC1CCCC1)C3.Cl. The van der Waals surface area contributed by atoms with Gasteiger partial charge in [0.25, 0.3) is 0 Å². The van der Waals surface area contributed by atoms with Gasteiger partial charge in [-0.1, -0.05) is 54.4 Å². The normalized spacial score (nSPS) is 27.7. The largest absolute Gasteiger partial charge is 0.433 e. The molecule has 1 saturated heterocycles. The van der Waals surface area contributed by atoms with E-state index in [-0.39, 0.29) is 17.8 Å². The summed E-state index contributed by atoms with van der Waals surface area (Å²) in [5.74, 6) is 1.91. The number of hydrogen-bond donors (Lipinski definition) is 1. The van der Waals surface area contributed by atoms with Gasteiger partial charge >= 0.3 is 6.09 Å². The van der Waals surface area contributed by atoms with Crippen LogP contribution in [0.5, 0.6) is 0 Å². The van der Waals surface area contributed by atoms with E-state index < -0.39 is 6.09 Å². The molecule has 0 radical (unpaired) electrons. The number of rotatable bonds is 4. The molecule has 3 aliphatic carbocycles. The van der Waals surface area contributed by atoms with E-state index in [2.05, 4.69) is 57.8 Å². The zero-order chi connectivity index (χ0) is 21.7. The van der Waals surface area contributed by atoms with Gasteiger partial charge < -0.3 is 10.2 Å². The predicted molar refractivity (Wildman–Crippen MR) is 133 cm³/mol. The number of benzene rings is 2. The van der Waals surface area contributed by atoms with Crippen LogP contribution in [0, 0.1) is 5.92 Å². The van der Waals surface area contributed by atoms with Gasteiger partial charge in [0.15, 0.2) is 0 Å². The first-order chi connectivity index (χ1) is 15.7. The number of carbonyl (C=O) groups is 1. The number of amides is 1. The quantitative estimate of drug-likeness (QED) is 0.385. The molecule has 1 spiro atoms. The van der Waals surface area contributed by atoms with E-state index in [4.69, 9.17) is 4.84 Å². The van der Waals surface area contributed by atoms with Crippen LogP contribution in [0.3, 0.4) is 0 Å². The lowest BCUT2D eigenvalue weighted by Crippen LogP contribution is -2.35. The molecule has 0 aromatic heterocycles. The highest BCUT2D eigenvalue weighted by Gasteiger charge is 2.58. The topological polar surface area (TPSA) is 53.9 Å². The Balaban J connectivity index is 0.00000228. The summed E-state index contributed by atoms with van der Waals surface area (Å²) in [6.45, 7) is 3.57. The number of fused-ring (bicyclic) bond motifs is 3. The van der Waals surface area contributed by atoms with Crippen LogP contribution in [0.4, 0.5) is 4.79 Å². The van der Waals surface area contributed by atoms with Crippen LogP contribution in [0.15, 0.2) is 47.6 Å². The number of carbonyl (C=O) groups excluding carboxylic acids is 1. The molecule has 1 N–H and O–H groups in total. The average molecular weight is 466 g/mol. The van der Waals surface area contributed by atoms with Crippen molar-refractivity contribution in [2.24, 2.45) is 11.1 Å². The van der Waals surface area contributed by atoms with Crippen LogP contribution in [0.2, 0.25) is 0 Å². The summed E-state index contributed by atoms with van der Waals surface area (Å²) in [5.41, 5.74) is 7.23. The smallest absolute Gasteiger partial charge is 0.323 e. The van der Waals surface area contributed by atoms with Gasteiger partial charge in [-0.3, -0.25) is 4.84 Å². The standard InChI is InChI=1S/C27H31N3O2.ClH/c1-28-26(31)32-29-14-19-10-11-22-23-13-27(24(22)12-19)17-30(15-18-6-2-3-7-18)16-25(27)21-9-5-4-8-20(21)23;/h4-5,8-12,14,18,23,25H,2-3,6-7,13,15-17H2,1H3,(H,28,31);1H. The number of oxime groups is 1. The van der Waals surface area contributed by atoms with E-state index in [0.717, 1.165) is 24.6 Å². The van der Waals surface area contributed by atoms with E-state index >= 15 is 0 Å². The molecule has 1 saturated carbocycles. The van der Waals surface area contributed by atoms with Crippen LogP contribution in [-0.2, 0) is 10.3 Å². The summed E-state index contributed by atoms with van der Waals surface area (Å²) in [6.07, 6.45) is 7.92. The third-order valence-corrected chi connectivity index (χ3v) is 8.45. The maximum absolute atomic E-state index is 11.3. The van der Waals surface area contributed by atoms with E-state index in [1.165, 1.54) is 62.4 Å². The van der Waals surface area contributed by atoms with Crippen LogP contribution in [0.25, 0.3) is 0 Å². The molecule has 1 amide bonds. The zero-order valence-corrected chi connectivity index (χ0v) is 19.9. The first-order valence-corrected chi connectivity index (χ1v) is 12.1. The van der Waals surface area contributed by atoms with E-state index in [1.807, 2.05) is 0 Å². The van der Waals surface area contributed by atoms with Gasteiger partial charge in [-0.05, 0) is 59.1 Å². The molecule has 2 fully saturated rings. The van der Waals surface area contributed by atoms with Gasteiger partial charge in [-0.15, -0.1) is 12.4 Å². The molecule has 6 heteroatoms. The zero-order valence-electron chi connectivity index (χ0n) is 19.1. The van der Waals surface area contributed by atoms with Crippen LogP contribution in [0.1, 0.15) is 71.8 Å². The Labute approximate surface area is 202 Å². The summed E-state index contributed by atoms with van der Waals surface area (Å²) in [7, 11) is 1.53. The number of likely N-dealkylation sites (tertiary alicyclic amines) is 1.